The number of aliphatic carboxylic acids is 1. The highest BCUT2D eigenvalue weighted by atomic mass is 32.2. The normalized spacial score (nSPS) is 18.4. The maximum absolute atomic E-state index is 16.1. The predicted octanol–water partition coefficient (Wildman–Crippen LogP) is 5.13. The second kappa shape index (κ2) is 14.7. The van der Waals surface area contributed by atoms with E-state index in [1.807, 2.05) is 4.72 Å². The summed E-state index contributed by atoms with van der Waals surface area (Å²) < 4.78 is 110. The van der Waals surface area contributed by atoms with Crippen LogP contribution in [0.15, 0.2) is 60.7 Å². The minimum absolute atomic E-state index is 0.178. The van der Waals surface area contributed by atoms with Gasteiger partial charge in [0.05, 0.1) is 25.1 Å². The van der Waals surface area contributed by atoms with Gasteiger partial charge in [-0.25, -0.2) is 39.9 Å². The van der Waals surface area contributed by atoms with Crippen molar-refractivity contribution in [2.24, 2.45) is 0 Å². The quantitative estimate of drug-likeness (QED) is 0.259. The first-order chi connectivity index (χ1) is 21.4. The van der Waals surface area contributed by atoms with Crippen molar-refractivity contribution < 1.29 is 54.5 Å². The molecule has 0 spiro atoms. The molecule has 0 aromatic heterocycles. The molecular weight excluding hydrogens is 627 g/mol. The Labute approximate surface area is 255 Å². The average Bonchev–Trinajstić information content (AvgIpc) is 3.00. The van der Waals surface area contributed by atoms with E-state index in [1.165, 1.54) is 18.2 Å². The molecule has 0 saturated carbocycles. The van der Waals surface area contributed by atoms with Crippen molar-refractivity contribution in [3.8, 4) is 16.9 Å². The second-order valence-corrected chi connectivity index (χ2v) is 11.9. The Balaban J connectivity index is 1.71. The molecule has 45 heavy (non-hydrogen) atoms. The zero-order valence-electron chi connectivity index (χ0n) is 23.6. The Morgan fingerprint density at radius 1 is 1.02 bits per heavy atom. The van der Waals surface area contributed by atoms with Gasteiger partial charge in [-0.1, -0.05) is 48.5 Å². The van der Waals surface area contributed by atoms with E-state index in [1.54, 1.807) is 30.3 Å². The zero-order chi connectivity index (χ0) is 32.7. The van der Waals surface area contributed by atoms with E-state index in [9.17, 15) is 31.2 Å². The molecule has 3 aromatic carbocycles. The summed E-state index contributed by atoms with van der Waals surface area (Å²) in [5, 5.41) is 8.89. The van der Waals surface area contributed by atoms with E-state index in [0.29, 0.717) is 11.6 Å². The smallest absolute Gasteiger partial charge is 0.410 e. The summed E-state index contributed by atoms with van der Waals surface area (Å²) in [6, 6.07) is 8.55. The molecule has 9 nitrogen and oxygen atoms in total. The number of rotatable bonds is 12. The van der Waals surface area contributed by atoms with Crippen molar-refractivity contribution in [3.05, 3.63) is 89.2 Å². The number of benzene rings is 3. The highest BCUT2D eigenvalue weighted by Gasteiger charge is 2.43. The van der Waals surface area contributed by atoms with Crippen LogP contribution < -0.4 is 9.46 Å². The van der Waals surface area contributed by atoms with Crippen LogP contribution in [0.5, 0.6) is 5.75 Å². The number of ether oxygens (including phenoxy) is 2. The predicted molar refractivity (Wildman–Crippen MR) is 152 cm³/mol. The number of halogens is 5. The van der Waals surface area contributed by atoms with Gasteiger partial charge in [0.15, 0.2) is 11.6 Å². The molecule has 1 heterocycles. The summed E-state index contributed by atoms with van der Waals surface area (Å²) >= 11 is 0. The lowest BCUT2D eigenvalue weighted by Crippen LogP contribution is -2.62. The lowest BCUT2D eigenvalue weighted by Gasteiger charge is -2.42. The lowest BCUT2D eigenvalue weighted by molar-refractivity contribution is -0.137. The Morgan fingerprint density at radius 3 is 2.44 bits per heavy atom. The number of amides is 1. The van der Waals surface area contributed by atoms with Crippen molar-refractivity contribution in [2.45, 2.75) is 44.1 Å². The molecule has 1 saturated heterocycles. The molecule has 0 radical (unpaired) electrons. The van der Waals surface area contributed by atoms with Crippen LogP contribution in [0.1, 0.15) is 24.0 Å². The third-order valence-corrected chi connectivity index (χ3v) is 8.04. The molecule has 15 heteroatoms. The van der Waals surface area contributed by atoms with Gasteiger partial charge in [-0.15, -0.1) is 0 Å². The van der Waals surface area contributed by atoms with E-state index in [2.05, 4.69) is 0 Å². The number of hydrogen-bond acceptors (Lipinski definition) is 6. The van der Waals surface area contributed by atoms with Gasteiger partial charge in [0.1, 0.15) is 24.4 Å². The molecule has 242 valence electrons. The highest BCUT2D eigenvalue weighted by Crippen LogP contribution is 2.37. The Kier molecular flexibility index (Phi) is 11.0. The lowest BCUT2D eigenvalue weighted by atomic mass is 9.89. The first kappa shape index (κ1) is 33.6. The molecule has 2 N–H and O–H groups in total. The standard InChI is InChI=1S/C30H29F5N2O7S/c31-17-45(41,42)36-28-23(33)9-11-37(30(40)44-16-18-5-2-1-3-6-18)25(28)13-19-7-4-8-21(27(19)35)22-14-20(32)15-24(34)29(22)43-12-10-26(38)39/h1-8,14-15,23,25,28,36H,9-13,16-17H2,(H,38,39)/t23-,25-,28-/m0/s1. The van der Waals surface area contributed by atoms with Crippen LogP contribution in [-0.4, -0.2) is 67.9 Å². The number of nitrogens with one attached hydrogen (secondary N) is 1. The van der Waals surface area contributed by atoms with Gasteiger partial charge in [0, 0.05) is 23.7 Å². The summed E-state index contributed by atoms with van der Waals surface area (Å²) in [4.78, 5) is 25.1. The number of likely N-dealkylation sites (tertiary alicyclic amines) is 1. The van der Waals surface area contributed by atoms with Gasteiger partial charge >= 0.3 is 12.1 Å². The van der Waals surface area contributed by atoms with Crippen LogP contribution in [0.3, 0.4) is 0 Å². The minimum Gasteiger partial charge on any atom is -0.489 e. The van der Waals surface area contributed by atoms with Crippen molar-refractivity contribution in [1.29, 1.82) is 0 Å². The van der Waals surface area contributed by atoms with Crippen molar-refractivity contribution in [3.63, 3.8) is 0 Å². The number of sulfonamides is 1. The number of hydrogen-bond donors (Lipinski definition) is 2. The number of alkyl halides is 2. The summed E-state index contributed by atoms with van der Waals surface area (Å²) in [5.41, 5.74) is -0.348. The van der Waals surface area contributed by atoms with E-state index in [0.717, 1.165) is 11.0 Å². The summed E-state index contributed by atoms with van der Waals surface area (Å²) in [5.74, 6) is -5.24. The summed E-state index contributed by atoms with van der Waals surface area (Å²) in [6.07, 6.45) is -4.24. The molecule has 1 aliphatic heterocycles. The number of piperidine rings is 1. The Morgan fingerprint density at radius 2 is 1.76 bits per heavy atom. The van der Waals surface area contributed by atoms with Gasteiger partial charge in [-0.2, -0.15) is 0 Å². The first-order valence-electron chi connectivity index (χ1n) is 13.7. The topological polar surface area (TPSA) is 122 Å². The Bertz CT molecular complexity index is 1630. The minimum atomic E-state index is -4.64. The van der Waals surface area contributed by atoms with Crippen LogP contribution in [0, 0.1) is 17.5 Å². The van der Waals surface area contributed by atoms with Crippen molar-refractivity contribution >= 4 is 22.1 Å². The fraction of sp³-hybridized carbons (Fsp3) is 0.333. The van der Waals surface area contributed by atoms with E-state index >= 15 is 8.78 Å². The first-order valence-corrected chi connectivity index (χ1v) is 15.3. The van der Waals surface area contributed by atoms with Crippen LogP contribution in [-0.2, 0) is 32.6 Å². The number of carbonyl (C=O) groups excluding carboxylic acids is 1. The molecule has 0 unspecified atom stereocenters. The Hall–Kier alpha value is -4.24. The SMILES string of the molecule is O=C(O)CCOc1c(F)cc(F)cc1-c1cccc(C[C@H]2[C@@H](NS(=O)(=O)CF)[C@@H](F)CCN2C(=O)OCc2ccccc2)c1F. The van der Waals surface area contributed by atoms with Gasteiger partial charge in [0.2, 0.25) is 16.0 Å². The maximum atomic E-state index is 16.1. The molecule has 1 fully saturated rings. The molecule has 0 aliphatic carbocycles. The van der Waals surface area contributed by atoms with Crippen molar-refractivity contribution in [2.75, 3.05) is 19.2 Å². The molecule has 3 aromatic rings. The third-order valence-electron chi connectivity index (χ3n) is 7.12. The number of carboxylic acid groups (broad SMARTS) is 1. The molecule has 0 bridgehead atoms. The molecule has 1 aliphatic rings. The van der Waals surface area contributed by atoms with Crippen LogP contribution >= 0.6 is 0 Å². The van der Waals surface area contributed by atoms with E-state index in [-0.39, 0.29) is 30.7 Å². The van der Waals surface area contributed by atoms with Gasteiger partial charge < -0.3 is 19.5 Å². The van der Waals surface area contributed by atoms with E-state index < -0.39 is 94.6 Å². The third kappa shape index (κ3) is 8.48. The summed E-state index contributed by atoms with van der Waals surface area (Å²) in [6.45, 7) is -0.934. The fourth-order valence-corrected chi connectivity index (χ4v) is 5.80. The van der Waals surface area contributed by atoms with Gasteiger partial charge in [0.25, 0.3) is 0 Å². The number of nitrogens with zero attached hydrogens (tertiary/aromatic N) is 1. The maximum Gasteiger partial charge on any atom is 0.410 e. The fourth-order valence-electron chi connectivity index (χ4n) is 5.02. The van der Waals surface area contributed by atoms with Crippen molar-refractivity contribution in [1.82, 2.24) is 9.62 Å². The monoisotopic (exact) mass is 656 g/mol. The van der Waals surface area contributed by atoms with Crippen LogP contribution in [0.2, 0.25) is 0 Å². The molecule has 4 rings (SSSR count). The summed E-state index contributed by atoms with van der Waals surface area (Å²) in [7, 11) is -4.64. The van der Waals surface area contributed by atoms with E-state index in [4.69, 9.17) is 14.6 Å². The van der Waals surface area contributed by atoms with Crippen LogP contribution in [0.25, 0.3) is 11.1 Å². The van der Waals surface area contributed by atoms with Gasteiger partial charge in [-0.05, 0) is 30.0 Å². The average molecular weight is 657 g/mol. The molecule has 1 amide bonds. The number of carboxylic acids is 1. The highest BCUT2D eigenvalue weighted by molar-refractivity contribution is 7.89. The van der Waals surface area contributed by atoms with Gasteiger partial charge in [-0.3, -0.25) is 4.79 Å². The largest absolute Gasteiger partial charge is 0.489 e. The molecule has 3 atom stereocenters. The second-order valence-electron chi connectivity index (χ2n) is 10.2. The molecular formula is C30H29F5N2O7S. The number of carbonyl (C=O) groups is 2. The zero-order valence-corrected chi connectivity index (χ0v) is 24.4. The van der Waals surface area contributed by atoms with Crippen LogP contribution in [0.4, 0.5) is 26.7 Å².